The number of carboxylic acids is 4. The number of nitrogens with zero attached hydrogens (tertiary/aromatic N) is 4. The lowest BCUT2D eigenvalue weighted by atomic mass is 10.1. The van der Waals surface area contributed by atoms with Crippen molar-refractivity contribution in [2.24, 2.45) is 9.98 Å². The third-order valence-electron chi connectivity index (χ3n) is 11.9. The van der Waals surface area contributed by atoms with Crippen LogP contribution in [0.15, 0.2) is 107 Å². The fraction of sp³-hybridized carbons (Fsp3) is 0.424. The number of hydrogen-bond donors (Lipinski definition) is 7. The minimum absolute atomic E-state index is 0.0944. The van der Waals surface area contributed by atoms with Crippen LogP contribution in [0.1, 0.15) is 113 Å². The van der Waals surface area contributed by atoms with Crippen LogP contribution in [0.25, 0.3) is 0 Å². The van der Waals surface area contributed by atoms with E-state index in [4.69, 9.17) is 28.4 Å². The van der Waals surface area contributed by atoms with Crippen LogP contribution in [0.2, 0.25) is 0 Å². The highest BCUT2D eigenvalue weighted by Gasteiger charge is 2.35. The van der Waals surface area contributed by atoms with Gasteiger partial charge in [0.25, 0.3) is 10.2 Å². The Morgan fingerprint density at radius 1 is 0.500 bits per heavy atom. The van der Waals surface area contributed by atoms with Crippen LogP contribution in [-0.2, 0) is 71.3 Å². The highest BCUT2D eigenvalue weighted by Crippen LogP contribution is 2.23. The standard InChI is InChI=1S/C59H75N7O22S2/c1-38(63-56(77)87-58(3,4)5)61-44-17-13-42(14-18-44)54(75)85-48-21-9-40(10-22-48)25-32-89(79,80)65(46(33-50(67)68)34-51(69)70)26-28-83-30-31-84-29-27-66(47(35-52(71)72)36-53(73)74)90(81,82)60-37-41-11-23-49(24-12-41)86-55(76)43-15-19-45(20-16-43)62-39(2)64-57(78)88-59(6,7)8/h9-24,46-47,60H,25-37H2,1-8H3,(H,67,68)(H,69,70)(H,71,72)(H,73,74)(H,61,63,77)(H,62,64,78). The van der Waals surface area contributed by atoms with Gasteiger partial charge in [0, 0.05) is 31.7 Å². The predicted octanol–water partition coefficient (Wildman–Crippen LogP) is 6.45. The van der Waals surface area contributed by atoms with Gasteiger partial charge in [0.1, 0.15) is 34.4 Å². The molecule has 4 aromatic rings. The lowest BCUT2D eigenvalue weighted by molar-refractivity contribution is -0.142. The van der Waals surface area contributed by atoms with Crippen molar-refractivity contribution in [3.63, 3.8) is 0 Å². The zero-order chi connectivity index (χ0) is 67.0. The molecule has 29 nitrogen and oxygen atoms in total. The molecule has 0 atom stereocenters. The number of aryl methyl sites for hydroxylation is 1. The van der Waals surface area contributed by atoms with Gasteiger partial charge >= 0.3 is 48.0 Å². The summed E-state index contributed by atoms with van der Waals surface area (Å²) in [4.78, 5) is 106. The molecule has 0 aliphatic heterocycles. The monoisotopic (exact) mass is 1300 g/mol. The minimum atomic E-state index is -4.65. The number of carbonyl (C=O) groups is 8. The molecule has 4 aromatic carbocycles. The molecule has 2 amide bonds. The Morgan fingerprint density at radius 3 is 1.22 bits per heavy atom. The van der Waals surface area contributed by atoms with Gasteiger partial charge in [-0.15, -0.1) is 0 Å². The molecule has 0 saturated carbocycles. The van der Waals surface area contributed by atoms with E-state index >= 15 is 0 Å². The van der Waals surface area contributed by atoms with Crippen molar-refractivity contribution in [1.82, 2.24) is 24.0 Å². The average Bonchev–Trinajstić information content (AvgIpc) is 1.10. The van der Waals surface area contributed by atoms with E-state index in [-0.39, 0.29) is 60.5 Å². The normalized spacial score (nSPS) is 12.4. The highest BCUT2D eigenvalue weighted by atomic mass is 32.2. The summed E-state index contributed by atoms with van der Waals surface area (Å²) in [6.07, 6.45) is -5.05. The maximum Gasteiger partial charge on any atom is 0.413 e. The fourth-order valence-corrected chi connectivity index (χ4v) is 11.1. The summed E-state index contributed by atoms with van der Waals surface area (Å²) in [5.41, 5.74) is 0.558. The van der Waals surface area contributed by atoms with Crippen molar-refractivity contribution >= 4 is 91.3 Å². The second-order valence-corrected chi connectivity index (χ2v) is 25.6. The molecule has 0 heterocycles. The van der Waals surface area contributed by atoms with Crippen LogP contribution in [0.4, 0.5) is 21.0 Å². The van der Waals surface area contributed by atoms with Crippen LogP contribution < -0.4 is 24.8 Å². The second kappa shape index (κ2) is 34.3. The molecule has 0 saturated heterocycles. The summed E-state index contributed by atoms with van der Waals surface area (Å²) in [5, 5.41) is 43.5. The van der Waals surface area contributed by atoms with Gasteiger partial charge in [0.05, 0.1) is 80.4 Å². The topological polar surface area (TPSA) is 408 Å². The van der Waals surface area contributed by atoms with Gasteiger partial charge in [-0.1, -0.05) is 24.3 Å². The Balaban J connectivity index is 1.32. The fourth-order valence-electron chi connectivity index (χ4n) is 8.08. The first-order chi connectivity index (χ1) is 42.1. The van der Waals surface area contributed by atoms with Crippen molar-refractivity contribution in [1.29, 1.82) is 0 Å². The van der Waals surface area contributed by atoms with Crippen LogP contribution in [0.3, 0.4) is 0 Å². The maximum absolute atomic E-state index is 13.9. The summed E-state index contributed by atoms with van der Waals surface area (Å²) < 4.78 is 91.5. The number of sulfonamides is 1. The average molecular weight is 1300 g/mol. The zero-order valence-electron chi connectivity index (χ0n) is 50.8. The predicted molar refractivity (Wildman–Crippen MR) is 325 cm³/mol. The Labute approximate surface area is 520 Å². The molecule has 0 fully saturated rings. The molecule has 7 N–H and O–H groups in total. The van der Waals surface area contributed by atoms with Crippen molar-refractivity contribution in [3.05, 3.63) is 119 Å². The van der Waals surface area contributed by atoms with Crippen molar-refractivity contribution in [2.75, 3.05) is 45.3 Å². The van der Waals surface area contributed by atoms with E-state index in [0.29, 0.717) is 26.8 Å². The van der Waals surface area contributed by atoms with Crippen molar-refractivity contribution in [2.45, 2.75) is 117 Å². The Bertz CT molecular complexity index is 3160. The summed E-state index contributed by atoms with van der Waals surface area (Å²) in [6, 6.07) is 20.4. The molecule has 0 aromatic heterocycles. The molecule has 0 unspecified atom stereocenters. The molecule has 4 rings (SSSR count). The second-order valence-electron chi connectivity index (χ2n) is 21.8. The third kappa shape index (κ3) is 27.8. The number of amides is 2. The summed E-state index contributed by atoms with van der Waals surface area (Å²) in [5.74, 6) is -7.29. The van der Waals surface area contributed by atoms with E-state index in [1.54, 1.807) is 55.4 Å². The lowest BCUT2D eigenvalue weighted by Crippen LogP contribution is -2.49. The molecule has 31 heteroatoms. The largest absolute Gasteiger partial charge is 0.481 e. The number of alkyl carbamates (subject to hydrolysis) is 2. The summed E-state index contributed by atoms with van der Waals surface area (Å²) in [7, 11) is -9.06. The van der Waals surface area contributed by atoms with Crippen LogP contribution in [-0.4, -0.2) is 174 Å². The Kier molecular flexibility index (Phi) is 28.1. The SMILES string of the molecule is CC(=Nc1ccc(C(=O)Oc2ccc(CCS(=O)(=O)N(CCOCCOCCN(C(CC(=O)O)CC(=O)O)S(=O)(=O)NCc3ccc(OC(=O)c4ccc(N=C(C)NC(=O)OC(C)(C)C)cc4)cc3)C(CC(=O)O)CC(=O)O)cc2)cc1)NC(=O)OC(C)(C)C. The summed E-state index contributed by atoms with van der Waals surface area (Å²) in [6.45, 7) is 10.6. The zero-order valence-corrected chi connectivity index (χ0v) is 52.5. The molecule has 0 spiro atoms. The third-order valence-corrected chi connectivity index (χ3v) is 15.5. The number of aliphatic carboxylic acids is 4. The number of hydrogen-bond acceptors (Lipinski definition) is 20. The van der Waals surface area contributed by atoms with Gasteiger partial charge in [-0.3, -0.25) is 29.8 Å². The molecule has 0 radical (unpaired) electrons. The first kappa shape index (κ1) is 73.7. The van der Waals surface area contributed by atoms with Crippen LogP contribution in [0, 0.1) is 0 Å². The number of aliphatic imine (C=N–C) groups is 2. The molecule has 490 valence electrons. The number of rotatable bonds is 33. The number of ether oxygens (including phenoxy) is 6. The minimum Gasteiger partial charge on any atom is -0.481 e. The van der Waals surface area contributed by atoms with Gasteiger partial charge in [-0.25, -0.2) is 37.6 Å². The van der Waals surface area contributed by atoms with E-state index in [0.717, 1.165) is 4.31 Å². The summed E-state index contributed by atoms with van der Waals surface area (Å²) >= 11 is 0. The molecular formula is C59H75N7O22S2. The first-order valence-corrected chi connectivity index (χ1v) is 30.8. The number of esters is 2. The van der Waals surface area contributed by atoms with Gasteiger partial charge < -0.3 is 48.8 Å². The lowest BCUT2D eigenvalue weighted by Gasteiger charge is -2.29. The molecule has 0 aliphatic carbocycles. The molecule has 0 bridgehead atoms. The first-order valence-electron chi connectivity index (χ1n) is 27.8. The van der Waals surface area contributed by atoms with Crippen molar-refractivity contribution in [3.8, 4) is 11.5 Å². The van der Waals surface area contributed by atoms with Gasteiger partial charge in [-0.2, -0.15) is 21.8 Å². The Hall–Kier alpha value is -8.72. The van der Waals surface area contributed by atoms with E-state index in [9.17, 15) is 75.6 Å². The van der Waals surface area contributed by atoms with Gasteiger partial charge in [0.15, 0.2) is 0 Å². The molecule has 90 heavy (non-hydrogen) atoms. The quantitative estimate of drug-likeness (QED) is 0.00885. The molecular weight excluding hydrogens is 1220 g/mol. The van der Waals surface area contributed by atoms with Gasteiger partial charge in [0.2, 0.25) is 10.0 Å². The van der Waals surface area contributed by atoms with E-state index in [1.807, 2.05) is 0 Å². The smallest absolute Gasteiger partial charge is 0.413 e. The number of benzene rings is 4. The van der Waals surface area contributed by atoms with Crippen LogP contribution >= 0.6 is 0 Å². The number of carboxylic acid groups (broad SMARTS) is 4. The van der Waals surface area contributed by atoms with E-state index < -0.39 is 149 Å². The molecule has 0 aliphatic rings. The van der Waals surface area contributed by atoms with E-state index in [1.165, 1.54) is 97.1 Å². The Morgan fingerprint density at radius 2 is 0.856 bits per heavy atom. The van der Waals surface area contributed by atoms with Gasteiger partial charge in [-0.05, 0) is 146 Å². The number of nitrogens with one attached hydrogen (secondary N) is 3. The van der Waals surface area contributed by atoms with Crippen LogP contribution in [0.5, 0.6) is 11.5 Å². The maximum atomic E-state index is 13.9. The number of amidine groups is 2. The number of carbonyl (C=O) groups excluding carboxylic acids is 4. The van der Waals surface area contributed by atoms with Crippen molar-refractivity contribution < 1.29 is 104 Å². The highest BCUT2D eigenvalue weighted by molar-refractivity contribution is 7.89. The van der Waals surface area contributed by atoms with E-state index in [2.05, 4.69) is 25.3 Å².